The molecule has 0 aliphatic heterocycles. The van der Waals surface area contributed by atoms with Gasteiger partial charge in [0.05, 0.1) is 16.7 Å². The molecule has 2 N–H and O–H groups in total. The van der Waals surface area contributed by atoms with E-state index < -0.39 is 22.0 Å². The first-order chi connectivity index (χ1) is 9.26. The molecule has 108 valence electrons. The zero-order valence-electron chi connectivity index (χ0n) is 10.6. The van der Waals surface area contributed by atoms with Crippen molar-refractivity contribution in [3.05, 3.63) is 28.8 Å². The molecule has 0 amide bonds. The second-order valence-corrected chi connectivity index (χ2v) is 6.30. The fourth-order valence-corrected chi connectivity index (χ4v) is 3.31. The van der Waals surface area contributed by atoms with Gasteiger partial charge in [0.1, 0.15) is 4.90 Å². The average Bonchev–Trinajstić information content (AvgIpc) is 2.36. The SMILES string of the molecule is CC(CCC(=O)O)NS(=O)(=O)c1cc(C#N)ccc1Cl. The van der Waals surface area contributed by atoms with Crippen molar-refractivity contribution in [1.29, 1.82) is 5.26 Å². The molecule has 1 unspecified atom stereocenters. The quantitative estimate of drug-likeness (QED) is 0.831. The Hall–Kier alpha value is -1.62. The van der Waals surface area contributed by atoms with E-state index in [0.717, 1.165) is 0 Å². The Morgan fingerprint density at radius 2 is 2.20 bits per heavy atom. The van der Waals surface area contributed by atoms with Crippen LogP contribution in [0, 0.1) is 11.3 Å². The van der Waals surface area contributed by atoms with Gasteiger partial charge in [-0.2, -0.15) is 5.26 Å². The van der Waals surface area contributed by atoms with E-state index in [1.165, 1.54) is 18.2 Å². The first-order valence-electron chi connectivity index (χ1n) is 5.70. The lowest BCUT2D eigenvalue weighted by molar-refractivity contribution is -0.137. The molecule has 6 nitrogen and oxygen atoms in total. The van der Waals surface area contributed by atoms with E-state index in [-0.39, 0.29) is 28.3 Å². The maximum Gasteiger partial charge on any atom is 0.303 e. The topological polar surface area (TPSA) is 107 Å². The largest absolute Gasteiger partial charge is 0.481 e. The number of aliphatic carboxylic acids is 1. The first-order valence-corrected chi connectivity index (χ1v) is 7.56. The molecule has 0 aliphatic rings. The zero-order valence-corrected chi connectivity index (χ0v) is 12.2. The molecule has 0 spiro atoms. The van der Waals surface area contributed by atoms with Crippen molar-refractivity contribution in [3.8, 4) is 6.07 Å². The Kier molecular flexibility index (Phi) is 5.51. The average molecular weight is 317 g/mol. The number of carboxylic acids is 1. The lowest BCUT2D eigenvalue weighted by Crippen LogP contribution is -2.33. The maximum atomic E-state index is 12.1. The van der Waals surface area contributed by atoms with Gasteiger partial charge in [-0.15, -0.1) is 0 Å². The van der Waals surface area contributed by atoms with Crippen LogP contribution in [-0.2, 0) is 14.8 Å². The van der Waals surface area contributed by atoms with Gasteiger partial charge in [0, 0.05) is 12.5 Å². The van der Waals surface area contributed by atoms with Crippen LogP contribution < -0.4 is 4.72 Å². The summed E-state index contributed by atoms with van der Waals surface area (Å²) in [4.78, 5) is 10.2. The third-order valence-corrected chi connectivity index (χ3v) is 4.57. The van der Waals surface area contributed by atoms with Crippen molar-refractivity contribution in [2.75, 3.05) is 0 Å². The van der Waals surface area contributed by atoms with Crippen molar-refractivity contribution in [2.45, 2.75) is 30.7 Å². The summed E-state index contributed by atoms with van der Waals surface area (Å²) in [6, 6.07) is 5.19. The van der Waals surface area contributed by atoms with E-state index in [0.29, 0.717) is 0 Å². The number of nitrogens with zero attached hydrogens (tertiary/aromatic N) is 1. The summed E-state index contributed by atoms with van der Waals surface area (Å²) in [7, 11) is -3.90. The van der Waals surface area contributed by atoms with Crippen molar-refractivity contribution >= 4 is 27.6 Å². The van der Waals surface area contributed by atoms with Gasteiger partial charge in [-0.3, -0.25) is 4.79 Å². The van der Waals surface area contributed by atoms with Crippen molar-refractivity contribution in [3.63, 3.8) is 0 Å². The molecule has 0 fully saturated rings. The molecule has 0 saturated heterocycles. The fourth-order valence-electron chi connectivity index (χ4n) is 1.51. The van der Waals surface area contributed by atoms with Gasteiger partial charge in [0.15, 0.2) is 0 Å². The summed E-state index contributed by atoms with van der Waals surface area (Å²) < 4.78 is 26.6. The number of nitriles is 1. The molecule has 1 rings (SSSR count). The highest BCUT2D eigenvalue weighted by atomic mass is 35.5. The molecule has 0 aliphatic carbocycles. The number of carboxylic acid groups (broad SMARTS) is 1. The van der Waals surface area contributed by atoms with Gasteiger partial charge in [-0.25, -0.2) is 13.1 Å². The molecule has 0 saturated carbocycles. The number of carbonyl (C=O) groups is 1. The Morgan fingerprint density at radius 1 is 1.55 bits per heavy atom. The molecule has 1 aromatic carbocycles. The van der Waals surface area contributed by atoms with Crippen LogP contribution in [0.5, 0.6) is 0 Å². The second kappa shape index (κ2) is 6.70. The van der Waals surface area contributed by atoms with Crippen molar-refractivity contribution in [2.24, 2.45) is 0 Å². The van der Waals surface area contributed by atoms with E-state index >= 15 is 0 Å². The Bertz CT molecular complexity index is 652. The van der Waals surface area contributed by atoms with Gasteiger partial charge in [0.25, 0.3) is 0 Å². The highest BCUT2D eigenvalue weighted by Gasteiger charge is 2.21. The number of sulfonamides is 1. The molecule has 0 aromatic heterocycles. The molecule has 0 radical (unpaired) electrons. The van der Waals surface area contributed by atoms with Gasteiger partial charge in [-0.1, -0.05) is 11.6 Å². The van der Waals surface area contributed by atoms with Crippen LogP contribution in [0.1, 0.15) is 25.3 Å². The monoisotopic (exact) mass is 316 g/mol. The summed E-state index contributed by atoms with van der Waals surface area (Å²) in [6.07, 6.45) is 0.0137. The standard InChI is InChI=1S/C12H13ClN2O4S/c1-8(2-5-12(16)17)15-20(18,19)11-6-9(7-14)3-4-10(11)13/h3-4,6,8,15H,2,5H2,1H3,(H,16,17). The highest BCUT2D eigenvalue weighted by Crippen LogP contribution is 2.22. The molecule has 0 heterocycles. The minimum atomic E-state index is -3.90. The lowest BCUT2D eigenvalue weighted by Gasteiger charge is -2.14. The van der Waals surface area contributed by atoms with E-state index in [1.807, 2.05) is 6.07 Å². The smallest absolute Gasteiger partial charge is 0.303 e. The van der Waals surface area contributed by atoms with Crippen LogP contribution in [0.2, 0.25) is 5.02 Å². The van der Waals surface area contributed by atoms with Crippen molar-refractivity contribution < 1.29 is 18.3 Å². The number of benzene rings is 1. The number of nitrogens with one attached hydrogen (secondary N) is 1. The van der Waals surface area contributed by atoms with E-state index in [4.69, 9.17) is 22.0 Å². The molecule has 1 aromatic rings. The number of hydrogen-bond donors (Lipinski definition) is 2. The number of hydrogen-bond acceptors (Lipinski definition) is 4. The first kappa shape index (κ1) is 16.4. The minimum absolute atomic E-state index is 0.00179. The maximum absolute atomic E-state index is 12.1. The van der Waals surface area contributed by atoms with Crippen LogP contribution in [0.15, 0.2) is 23.1 Å². The van der Waals surface area contributed by atoms with Gasteiger partial charge in [-0.05, 0) is 31.5 Å². The van der Waals surface area contributed by atoms with Crippen molar-refractivity contribution in [1.82, 2.24) is 4.72 Å². The highest BCUT2D eigenvalue weighted by molar-refractivity contribution is 7.89. The fraction of sp³-hybridized carbons (Fsp3) is 0.333. The van der Waals surface area contributed by atoms with E-state index in [9.17, 15) is 13.2 Å². The summed E-state index contributed by atoms with van der Waals surface area (Å²) in [6.45, 7) is 1.56. The Balaban J connectivity index is 2.94. The van der Waals surface area contributed by atoms with Crippen LogP contribution in [0.3, 0.4) is 0 Å². The normalized spacial score (nSPS) is 12.7. The van der Waals surface area contributed by atoms with Crippen LogP contribution >= 0.6 is 11.6 Å². The second-order valence-electron chi connectivity index (χ2n) is 4.21. The lowest BCUT2D eigenvalue weighted by atomic mass is 10.2. The molecular weight excluding hydrogens is 304 g/mol. The molecule has 8 heteroatoms. The predicted octanol–water partition coefficient (Wildman–Crippen LogP) is 1.74. The molecule has 0 bridgehead atoms. The summed E-state index contributed by atoms with van der Waals surface area (Å²) in [5, 5.41) is 17.3. The summed E-state index contributed by atoms with van der Waals surface area (Å²) in [5.41, 5.74) is 0.174. The molecule has 20 heavy (non-hydrogen) atoms. The third kappa shape index (κ3) is 4.49. The van der Waals surface area contributed by atoms with Gasteiger partial charge < -0.3 is 5.11 Å². The van der Waals surface area contributed by atoms with Crippen LogP contribution in [0.4, 0.5) is 0 Å². The molecule has 1 atom stereocenters. The van der Waals surface area contributed by atoms with Gasteiger partial charge in [0.2, 0.25) is 10.0 Å². The summed E-state index contributed by atoms with van der Waals surface area (Å²) in [5.74, 6) is -0.999. The molecular formula is C12H13ClN2O4S. The Morgan fingerprint density at radius 3 is 2.75 bits per heavy atom. The summed E-state index contributed by atoms with van der Waals surface area (Å²) >= 11 is 5.83. The van der Waals surface area contributed by atoms with E-state index in [2.05, 4.69) is 4.72 Å². The van der Waals surface area contributed by atoms with Gasteiger partial charge >= 0.3 is 5.97 Å². The minimum Gasteiger partial charge on any atom is -0.481 e. The Labute approximate surface area is 122 Å². The van der Waals surface area contributed by atoms with Crippen LogP contribution in [0.25, 0.3) is 0 Å². The third-order valence-electron chi connectivity index (χ3n) is 2.50. The van der Waals surface area contributed by atoms with Crippen LogP contribution in [-0.4, -0.2) is 25.5 Å². The predicted molar refractivity (Wildman–Crippen MR) is 72.8 cm³/mol. The number of rotatable bonds is 6. The number of halogens is 1. The van der Waals surface area contributed by atoms with E-state index in [1.54, 1.807) is 6.92 Å². The zero-order chi connectivity index (χ0) is 15.3.